The van der Waals surface area contributed by atoms with Gasteiger partial charge < -0.3 is 10.1 Å². The highest BCUT2D eigenvalue weighted by molar-refractivity contribution is 5.97. The number of amides is 1. The van der Waals surface area contributed by atoms with Crippen molar-refractivity contribution in [2.45, 2.75) is 20.0 Å². The Bertz CT molecular complexity index is 360. The SMILES string of the molecule is Cc1ccc2c(c1)NC(=O)C(C)O2. The standard InChI is InChI=1S/C10H11NO2/c1-6-3-4-9-8(5-6)11-10(12)7(2)13-9/h3-5,7H,1-2H3,(H,11,12). The number of fused-ring (bicyclic) bond motifs is 1. The third kappa shape index (κ3) is 1.37. The summed E-state index contributed by atoms with van der Waals surface area (Å²) in [5.41, 5.74) is 1.88. The van der Waals surface area contributed by atoms with Gasteiger partial charge in [-0.05, 0) is 31.5 Å². The van der Waals surface area contributed by atoms with Crippen LogP contribution in [-0.2, 0) is 4.79 Å². The molecule has 3 heteroatoms. The van der Waals surface area contributed by atoms with Gasteiger partial charge in [0, 0.05) is 0 Å². The minimum absolute atomic E-state index is 0.0851. The molecule has 0 radical (unpaired) electrons. The number of nitrogens with one attached hydrogen (secondary N) is 1. The molecule has 1 unspecified atom stereocenters. The van der Waals surface area contributed by atoms with E-state index in [1.54, 1.807) is 6.92 Å². The third-order valence-corrected chi connectivity index (χ3v) is 2.07. The Morgan fingerprint density at radius 2 is 2.23 bits per heavy atom. The summed E-state index contributed by atoms with van der Waals surface area (Å²) in [6.45, 7) is 3.71. The molecule has 0 spiro atoms. The van der Waals surface area contributed by atoms with Crippen molar-refractivity contribution in [2.75, 3.05) is 5.32 Å². The second-order valence-corrected chi connectivity index (χ2v) is 3.25. The van der Waals surface area contributed by atoms with Crippen LogP contribution in [0.5, 0.6) is 5.75 Å². The van der Waals surface area contributed by atoms with Crippen molar-refractivity contribution in [1.29, 1.82) is 0 Å². The third-order valence-electron chi connectivity index (χ3n) is 2.07. The predicted molar refractivity (Wildman–Crippen MR) is 49.9 cm³/mol. The molecule has 2 rings (SSSR count). The molecule has 0 bridgehead atoms. The van der Waals surface area contributed by atoms with Gasteiger partial charge in [-0.25, -0.2) is 0 Å². The number of aryl methyl sites for hydroxylation is 1. The first-order valence-corrected chi connectivity index (χ1v) is 4.25. The number of hydrogen-bond donors (Lipinski definition) is 1. The molecular weight excluding hydrogens is 166 g/mol. The van der Waals surface area contributed by atoms with E-state index >= 15 is 0 Å². The zero-order valence-corrected chi connectivity index (χ0v) is 7.63. The lowest BCUT2D eigenvalue weighted by Crippen LogP contribution is -2.34. The van der Waals surface area contributed by atoms with Crippen LogP contribution in [0.2, 0.25) is 0 Å². The van der Waals surface area contributed by atoms with Gasteiger partial charge in [-0.2, -0.15) is 0 Å². The number of carbonyl (C=O) groups excluding carboxylic acids is 1. The van der Waals surface area contributed by atoms with Crippen LogP contribution in [0.4, 0.5) is 5.69 Å². The molecule has 1 aliphatic heterocycles. The molecule has 1 amide bonds. The number of rotatable bonds is 0. The van der Waals surface area contributed by atoms with Crippen molar-refractivity contribution in [2.24, 2.45) is 0 Å². The monoisotopic (exact) mass is 177 g/mol. The Kier molecular flexibility index (Phi) is 1.72. The van der Waals surface area contributed by atoms with E-state index in [0.717, 1.165) is 17.0 Å². The first-order valence-electron chi connectivity index (χ1n) is 4.25. The van der Waals surface area contributed by atoms with Crippen LogP contribution in [-0.4, -0.2) is 12.0 Å². The summed E-state index contributed by atoms with van der Waals surface area (Å²) < 4.78 is 5.39. The normalized spacial score (nSPS) is 20.2. The van der Waals surface area contributed by atoms with Crippen LogP contribution in [0.3, 0.4) is 0 Å². The summed E-state index contributed by atoms with van der Waals surface area (Å²) in [6, 6.07) is 5.74. The Morgan fingerprint density at radius 1 is 1.46 bits per heavy atom. The fourth-order valence-corrected chi connectivity index (χ4v) is 1.32. The summed E-state index contributed by atoms with van der Waals surface area (Å²) in [5.74, 6) is 0.663. The van der Waals surface area contributed by atoms with Crippen molar-refractivity contribution >= 4 is 11.6 Å². The van der Waals surface area contributed by atoms with Gasteiger partial charge in [0.2, 0.25) is 0 Å². The predicted octanol–water partition coefficient (Wildman–Crippen LogP) is 1.71. The van der Waals surface area contributed by atoms with E-state index in [9.17, 15) is 4.79 Å². The summed E-state index contributed by atoms with van der Waals surface area (Å²) >= 11 is 0. The number of benzene rings is 1. The largest absolute Gasteiger partial charge is 0.479 e. The Labute approximate surface area is 76.7 Å². The molecular formula is C10H11NO2. The number of anilines is 1. The zero-order chi connectivity index (χ0) is 9.42. The van der Waals surface area contributed by atoms with Gasteiger partial charge in [0.25, 0.3) is 5.91 Å². The van der Waals surface area contributed by atoms with E-state index in [4.69, 9.17) is 4.74 Å². The summed E-state index contributed by atoms with van der Waals surface area (Å²) in [7, 11) is 0. The Balaban J connectivity index is 2.42. The molecule has 0 aliphatic carbocycles. The minimum Gasteiger partial charge on any atom is -0.479 e. The quantitative estimate of drug-likeness (QED) is 0.655. The lowest BCUT2D eigenvalue weighted by molar-refractivity contribution is -0.122. The molecule has 1 aliphatic rings. The van der Waals surface area contributed by atoms with Gasteiger partial charge in [0.15, 0.2) is 6.10 Å². The molecule has 68 valence electrons. The molecule has 0 saturated heterocycles. The topological polar surface area (TPSA) is 38.3 Å². The van der Waals surface area contributed by atoms with E-state index in [1.807, 2.05) is 25.1 Å². The Morgan fingerprint density at radius 3 is 3.00 bits per heavy atom. The molecule has 0 saturated carbocycles. The lowest BCUT2D eigenvalue weighted by Gasteiger charge is -2.23. The number of hydrogen-bond acceptors (Lipinski definition) is 2. The Hall–Kier alpha value is -1.51. The van der Waals surface area contributed by atoms with Crippen LogP contribution in [0.15, 0.2) is 18.2 Å². The average Bonchev–Trinajstić information content (AvgIpc) is 2.08. The van der Waals surface area contributed by atoms with Crippen LogP contribution in [0, 0.1) is 6.92 Å². The van der Waals surface area contributed by atoms with E-state index in [2.05, 4.69) is 5.32 Å². The fraction of sp³-hybridized carbons (Fsp3) is 0.300. The van der Waals surface area contributed by atoms with Gasteiger partial charge >= 0.3 is 0 Å². The fourth-order valence-electron chi connectivity index (χ4n) is 1.32. The van der Waals surface area contributed by atoms with Crippen LogP contribution in [0.25, 0.3) is 0 Å². The first-order chi connectivity index (χ1) is 6.16. The maximum atomic E-state index is 11.2. The van der Waals surface area contributed by atoms with Gasteiger partial charge in [0.1, 0.15) is 5.75 Å². The zero-order valence-electron chi connectivity index (χ0n) is 7.63. The molecule has 1 atom stereocenters. The van der Waals surface area contributed by atoms with E-state index in [0.29, 0.717) is 0 Å². The number of carbonyl (C=O) groups is 1. The lowest BCUT2D eigenvalue weighted by atomic mass is 10.1. The minimum atomic E-state index is -0.393. The first kappa shape index (κ1) is 8.10. The second kappa shape index (κ2) is 2.76. The van der Waals surface area contributed by atoms with Crippen molar-refractivity contribution in [3.8, 4) is 5.75 Å². The van der Waals surface area contributed by atoms with Crippen LogP contribution in [0.1, 0.15) is 12.5 Å². The van der Waals surface area contributed by atoms with Gasteiger partial charge in [-0.3, -0.25) is 4.79 Å². The van der Waals surface area contributed by atoms with Crippen molar-refractivity contribution in [3.05, 3.63) is 23.8 Å². The van der Waals surface area contributed by atoms with Gasteiger partial charge in [0.05, 0.1) is 5.69 Å². The number of ether oxygens (including phenoxy) is 1. The van der Waals surface area contributed by atoms with Crippen molar-refractivity contribution < 1.29 is 9.53 Å². The molecule has 0 aromatic heterocycles. The summed E-state index contributed by atoms with van der Waals surface area (Å²) in [5, 5.41) is 2.79. The second-order valence-electron chi connectivity index (χ2n) is 3.25. The highest BCUT2D eigenvalue weighted by Gasteiger charge is 2.22. The molecule has 13 heavy (non-hydrogen) atoms. The van der Waals surface area contributed by atoms with Crippen molar-refractivity contribution in [1.82, 2.24) is 0 Å². The molecule has 1 heterocycles. The summed E-state index contributed by atoms with van der Waals surface area (Å²) in [4.78, 5) is 11.2. The maximum absolute atomic E-state index is 11.2. The average molecular weight is 177 g/mol. The van der Waals surface area contributed by atoms with Gasteiger partial charge in [-0.15, -0.1) is 0 Å². The van der Waals surface area contributed by atoms with Crippen molar-refractivity contribution in [3.63, 3.8) is 0 Å². The molecule has 3 nitrogen and oxygen atoms in total. The van der Waals surface area contributed by atoms with E-state index in [1.165, 1.54) is 0 Å². The molecule has 1 N–H and O–H groups in total. The molecule has 1 aromatic rings. The smallest absolute Gasteiger partial charge is 0.265 e. The van der Waals surface area contributed by atoms with Crippen LogP contribution >= 0.6 is 0 Å². The maximum Gasteiger partial charge on any atom is 0.265 e. The molecule has 0 fully saturated rings. The van der Waals surface area contributed by atoms with Gasteiger partial charge in [-0.1, -0.05) is 6.07 Å². The highest BCUT2D eigenvalue weighted by Crippen LogP contribution is 2.29. The van der Waals surface area contributed by atoms with E-state index in [-0.39, 0.29) is 5.91 Å². The molecule has 1 aromatic carbocycles. The van der Waals surface area contributed by atoms with E-state index < -0.39 is 6.10 Å². The van der Waals surface area contributed by atoms with Crippen LogP contribution < -0.4 is 10.1 Å². The summed E-state index contributed by atoms with van der Waals surface area (Å²) in [6.07, 6.45) is -0.393. The highest BCUT2D eigenvalue weighted by atomic mass is 16.5.